The molecule has 0 aromatic heterocycles. The average molecular weight is 293 g/mol. The molecule has 19 heavy (non-hydrogen) atoms. The number of carbonyl (C=O) groups is 1. The zero-order valence-corrected chi connectivity index (χ0v) is 11.2. The van der Waals surface area contributed by atoms with Gasteiger partial charge < -0.3 is 0 Å². The second-order valence-electron chi connectivity index (χ2n) is 4.35. The summed E-state index contributed by atoms with van der Waals surface area (Å²) in [5.74, 6) is 0.360. The Morgan fingerprint density at radius 1 is 1.11 bits per heavy atom. The molecule has 0 spiro atoms. The van der Waals surface area contributed by atoms with Crippen molar-refractivity contribution in [3.63, 3.8) is 0 Å². The van der Waals surface area contributed by atoms with Crippen molar-refractivity contribution in [2.24, 2.45) is 0 Å². The number of hydrogen-bond acceptors (Lipinski definition) is 1. The maximum Gasteiger partial charge on any atom is 0.416 e. The normalized spacial score (nSPS) is 11.6. The van der Waals surface area contributed by atoms with Crippen LogP contribution in [0.2, 0.25) is 0 Å². The minimum atomic E-state index is -4.41. The van der Waals surface area contributed by atoms with Gasteiger partial charge in [0.25, 0.3) is 0 Å². The molecule has 0 N–H and O–H groups in total. The van der Waals surface area contributed by atoms with E-state index in [0.717, 1.165) is 31.4 Å². The highest BCUT2D eigenvalue weighted by Gasteiger charge is 2.30. The molecule has 5 heteroatoms. The molecule has 0 heterocycles. The van der Waals surface area contributed by atoms with Gasteiger partial charge in [-0.25, -0.2) is 0 Å². The Kier molecular flexibility index (Phi) is 6.35. The van der Waals surface area contributed by atoms with Gasteiger partial charge in [0.2, 0.25) is 0 Å². The SMILES string of the molecule is O=C(CCCCCCCl)c1cccc(C(F)(F)F)c1. The average Bonchev–Trinajstić information content (AvgIpc) is 2.37. The van der Waals surface area contributed by atoms with Crippen LogP contribution in [0, 0.1) is 0 Å². The van der Waals surface area contributed by atoms with Gasteiger partial charge in [-0.15, -0.1) is 11.6 Å². The zero-order chi connectivity index (χ0) is 14.3. The summed E-state index contributed by atoms with van der Waals surface area (Å²) in [6.07, 6.45) is -0.720. The molecule has 1 nitrogen and oxygen atoms in total. The van der Waals surface area contributed by atoms with Crippen molar-refractivity contribution in [1.82, 2.24) is 0 Å². The molecule has 0 saturated carbocycles. The summed E-state index contributed by atoms with van der Waals surface area (Å²) in [5.41, 5.74) is -0.646. The van der Waals surface area contributed by atoms with Gasteiger partial charge in [-0.1, -0.05) is 25.0 Å². The lowest BCUT2D eigenvalue weighted by molar-refractivity contribution is -0.137. The molecule has 0 aliphatic heterocycles. The number of carbonyl (C=O) groups excluding carboxylic acids is 1. The molecule has 0 aliphatic carbocycles. The Morgan fingerprint density at radius 3 is 2.42 bits per heavy atom. The Labute approximate surface area is 115 Å². The Bertz CT molecular complexity index is 415. The molecule has 0 fully saturated rings. The van der Waals surface area contributed by atoms with Crippen LogP contribution >= 0.6 is 11.6 Å². The molecule has 0 saturated heterocycles. The standard InChI is InChI=1S/C14H16ClF3O/c15-9-4-2-1-3-8-13(19)11-6-5-7-12(10-11)14(16,17)18/h5-7,10H,1-4,8-9H2. The van der Waals surface area contributed by atoms with Gasteiger partial charge in [0.1, 0.15) is 0 Å². The highest BCUT2D eigenvalue weighted by atomic mass is 35.5. The highest BCUT2D eigenvalue weighted by Crippen LogP contribution is 2.29. The van der Waals surface area contributed by atoms with Crippen LogP contribution in [0.25, 0.3) is 0 Å². The van der Waals surface area contributed by atoms with Crippen LogP contribution in [0.4, 0.5) is 13.2 Å². The molecule has 0 bridgehead atoms. The first-order valence-electron chi connectivity index (χ1n) is 6.21. The van der Waals surface area contributed by atoms with E-state index in [0.29, 0.717) is 12.3 Å². The third-order valence-corrected chi connectivity index (χ3v) is 3.07. The van der Waals surface area contributed by atoms with Crippen molar-refractivity contribution in [1.29, 1.82) is 0 Å². The van der Waals surface area contributed by atoms with E-state index in [4.69, 9.17) is 11.6 Å². The highest BCUT2D eigenvalue weighted by molar-refractivity contribution is 6.17. The molecule has 0 aliphatic rings. The lowest BCUT2D eigenvalue weighted by atomic mass is 10.0. The number of benzene rings is 1. The van der Waals surface area contributed by atoms with E-state index in [1.54, 1.807) is 0 Å². The van der Waals surface area contributed by atoms with Crippen molar-refractivity contribution in [3.8, 4) is 0 Å². The molecule has 0 radical (unpaired) electrons. The summed E-state index contributed by atoms with van der Waals surface area (Å²) in [6, 6.07) is 4.58. The van der Waals surface area contributed by atoms with E-state index in [2.05, 4.69) is 0 Å². The first-order chi connectivity index (χ1) is 8.95. The molecule has 106 valence electrons. The van der Waals surface area contributed by atoms with Gasteiger partial charge in [-0.3, -0.25) is 4.79 Å². The Balaban J connectivity index is 2.53. The molecular formula is C14H16ClF3O. The molecular weight excluding hydrogens is 277 g/mol. The predicted molar refractivity (Wildman–Crippen MR) is 69.6 cm³/mol. The maximum absolute atomic E-state index is 12.5. The van der Waals surface area contributed by atoms with Crippen molar-refractivity contribution in [2.45, 2.75) is 38.3 Å². The van der Waals surface area contributed by atoms with Crippen LogP contribution in [0.5, 0.6) is 0 Å². The van der Waals surface area contributed by atoms with Crippen molar-refractivity contribution < 1.29 is 18.0 Å². The summed E-state index contributed by atoms with van der Waals surface area (Å²) in [6.45, 7) is 0. The summed E-state index contributed by atoms with van der Waals surface area (Å²) >= 11 is 5.53. The fourth-order valence-electron chi connectivity index (χ4n) is 1.75. The number of hydrogen-bond donors (Lipinski definition) is 0. The van der Waals surface area contributed by atoms with Gasteiger partial charge in [-0.2, -0.15) is 13.2 Å². The van der Waals surface area contributed by atoms with E-state index in [1.807, 2.05) is 0 Å². The smallest absolute Gasteiger partial charge is 0.294 e. The molecule has 1 aromatic carbocycles. The quantitative estimate of drug-likeness (QED) is 0.389. The van der Waals surface area contributed by atoms with Gasteiger partial charge >= 0.3 is 6.18 Å². The molecule has 1 rings (SSSR count). The minimum absolute atomic E-state index is 0.132. The van der Waals surface area contributed by atoms with Crippen LogP contribution in [0.1, 0.15) is 48.0 Å². The fraction of sp³-hybridized carbons (Fsp3) is 0.500. The van der Waals surface area contributed by atoms with Crippen LogP contribution in [-0.4, -0.2) is 11.7 Å². The predicted octanol–water partition coefficient (Wildman–Crippen LogP) is 5.08. The number of alkyl halides is 4. The number of rotatable bonds is 7. The molecule has 0 atom stereocenters. The van der Waals surface area contributed by atoms with Crippen LogP contribution in [0.3, 0.4) is 0 Å². The Morgan fingerprint density at radius 2 is 1.79 bits per heavy atom. The van der Waals surface area contributed by atoms with E-state index < -0.39 is 11.7 Å². The van der Waals surface area contributed by atoms with Gasteiger partial charge in [0.05, 0.1) is 5.56 Å². The monoisotopic (exact) mass is 292 g/mol. The summed E-state index contributed by atoms with van der Waals surface area (Å²) in [5, 5.41) is 0. The lowest BCUT2D eigenvalue weighted by Crippen LogP contribution is -2.07. The number of unbranched alkanes of at least 4 members (excludes halogenated alkanes) is 3. The fourth-order valence-corrected chi connectivity index (χ4v) is 1.94. The van der Waals surface area contributed by atoms with Crippen LogP contribution in [-0.2, 0) is 6.18 Å². The third-order valence-electron chi connectivity index (χ3n) is 2.80. The van der Waals surface area contributed by atoms with E-state index in [9.17, 15) is 18.0 Å². The molecule has 0 unspecified atom stereocenters. The molecule has 0 amide bonds. The Hall–Kier alpha value is -1.03. The van der Waals surface area contributed by atoms with E-state index in [-0.39, 0.29) is 17.8 Å². The van der Waals surface area contributed by atoms with Gasteiger partial charge in [0.15, 0.2) is 5.78 Å². The molecule has 1 aromatic rings. The van der Waals surface area contributed by atoms with Gasteiger partial charge in [-0.05, 0) is 25.0 Å². The first-order valence-corrected chi connectivity index (χ1v) is 6.75. The topological polar surface area (TPSA) is 17.1 Å². The van der Waals surface area contributed by atoms with Crippen molar-refractivity contribution >= 4 is 17.4 Å². The lowest BCUT2D eigenvalue weighted by Gasteiger charge is -2.08. The second-order valence-corrected chi connectivity index (χ2v) is 4.73. The first kappa shape index (κ1) is 16.0. The zero-order valence-electron chi connectivity index (χ0n) is 10.5. The third kappa shape index (κ3) is 5.64. The second kappa shape index (κ2) is 7.53. The van der Waals surface area contributed by atoms with E-state index in [1.165, 1.54) is 12.1 Å². The van der Waals surface area contributed by atoms with Gasteiger partial charge in [0, 0.05) is 17.9 Å². The summed E-state index contributed by atoms with van der Waals surface area (Å²) in [7, 11) is 0. The number of halogens is 4. The summed E-state index contributed by atoms with van der Waals surface area (Å²) in [4.78, 5) is 11.8. The van der Waals surface area contributed by atoms with Crippen molar-refractivity contribution in [2.75, 3.05) is 5.88 Å². The van der Waals surface area contributed by atoms with E-state index >= 15 is 0 Å². The van der Waals surface area contributed by atoms with Crippen LogP contribution in [0.15, 0.2) is 24.3 Å². The largest absolute Gasteiger partial charge is 0.416 e. The van der Waals surface area contributed by atoms with Crippen LogP contribution < -0.4 is 0 Å². The summed E-state index contributed by atoms with van der Waals surface area (Å²) < 4.78 is 37.5. The number of ketones is 1. The van der Waals surface area contributed by atoms with Crippen molar-refractivity contribution in [3.05, 3.63) is 35.4 Å². The maximum atomic E-state index is 12.5. The minimum Gasteiger partial charge on any atom is -0.294 e. The number of Topliss-reactive ketones (excluding diaryl/α,β-unsaturated/α-hetero) is 1.